The van der Waals surface area contributed by atoms with Gasteiger partial charge < -0.3 is 30.5 Å². The van der Waals surface area contributed by atoms with E-state index in [4.69, 9.17) is 5.11 Å². The van der Waals surface area contributed by atoms with Crippen LogP contribution in [0.15, 0.2) is 54.6 Å². The molecule has 0 bridgehead atoms. The smallest absolute Gasteiger partial charge is 0.476 e. The molecule has 27 heavy (non-hydrogen) atoms. The minimum atomic E-state index is -2.31. The molecule has 2 aromatic rings. The number of hydrogen-bond acceptors (Lipinski definition) is 6. The summed E-state index contributed by atoms with van der Waals surface area (Å²) in [5, 5.41) is 48.3. The Morgan fingerprint density at radius 2 is 1.48 bits per heavy atom. The number of rotatable bonds is 8. The van der Waals surface area contributed by atoms with Gasteiger partial charge in [0.25, 0.3) is 0 Å². The Balaban J connectivity index is 2.28. The van der Waals surface area contributed by atoms with Crippen LogP contribution in [0.2, 0.25) is 0 Å². The summed E-state index contributed by atoms with van der Waals surface area (Å²) in [5.41, 5.74) is 0.865. The number of hydrogen-bond donors (Lipinski definition) is 6. The van der Waals surface area contributed by atoms with Gasteiger partial charge in [0.1, 0.15) is 5.34 Å². The highest BCUT2D eigenvalue weighted by Crippen LogP contribution is 2.19. The Labute approximate surface area is 156 Å². The standard InChI is InChI=1S/C17H19B2NO7/c21-15(10-12-5-2-1-3-6-12)20-17(18(24)25,19(26)27)11-13-7-4-8-14(9-13)16(22)23/h1-9,24-27H,10-11H2,(H,20,21)(H,22,23). The van der Waals surface area contributed by atoms with Crippen molar-refractivity contribution in [2.45, 2.75) is 18.2 Å². The van der Waals surface area contributed by atoms with Crippen molar-refractivity contribution < 1.29 is 34.8 Å². The molecule has 1 amide bonds. The van der Waals surface area contributed by atoms with E-state index in [-0.39, 0.29) is 17.5 Å². The maximum Gasteiger partial charge on any atom is 0.476 e. The van der Waals surface area contributed by atoms with Gasteiger partial charge in [-0.3, -0.25) is 4.79 Å². The van der Waals surface area contributed by atoms with E-state index in [1.807, 2.05) is 0 Å². The number of carboxylic acid groups (broad SMARTS) is 1. The van der Waals surface area contributed by atoms with Gasteiger partial charge in [-0.15, -0.1) is 0 Å². The van der Waals surface area contributed by atoms with E-state index >= 15 is 0 Å². The summed E-state index contributed by atoms with van der Waals surface area (Å²) in [6.45, 7) is 0. The average molecular weight is 371 g/mol. The van der Waals surface area contributed by atoms with Crippen molar-refractivity contribution in [3.05, 3.63) is 71.3 Å². The minimum absolute atomic E-state index is 0.0585. The summed E-state index contributed by atoms with van der Waals surface area (Å²) in [4.78, 5) is 23.5. The highest BCUT2D eigenvalue weighted by atomic mass is 16.4. The van der Waals surface area contributed by atoms with Gasteiger partial charge in [0.05, 0.1) is 12.0 Å². The lowest BCUT2D eigenvalue weighted by Gasteiger charge is -2.33. The zero-order valence-electron chi connectivity index (χ0n) is 14.3. The quantitative estimate of drug-likeness (QED) is 0.328. The third-order valence-corrected chi connectivity index (χ3v) is 4.17. The average Bonchev–Trinajstić information content (AvgIpc) is 2.61. The third kappa shape index (κ3) is 5.18. The largest absolute Gasteiger partial charge is 0.478 e. The van der Waals surface area contributed by atoms with E-state index in [0.717, 1.165) is 0 Å². The molecule has 0 unspecified atom stereocenters. The van der Waals surface area contributed by atoms with Crippen molar-refractivity contribution in [2.24, 2.45) is 0 Å². The van der Waals surface area contributed by atoms with E-state index in [9.17, 15) is 29.7 Å². The normalized spacial score (nSPS) is 11.0. The monoisotopic (exact) mass is 371 g/mol. The molecular weight excluding hydrogens is 352 g/mol. The van der Waals surface area contributed by atoms with Crippen LogP contribution in [-0.4, -0.2) is 56.7 Å². The van der Waals surface area contributed by atoms with Crippen LogP contribution in [0, 0.1) is 0 Å². The first kappa shape index (κ1) is 20.7. The van der Waals surface area contributed by atoms with Crippen LogP contribution in [0.4, 0.5) is 0 Å². The summed E-state index contributed by atoms with van der Waals surface area (Å²) in [6, 6.07) is 14.1. The first-order valence-electron chi connectivity index (χ1n) is 8.14. The molecule has 2 rings (SSSR count). The number of carbonyl (C=O) groups is 2. The van der Waals surface area contributed by atoms with E-state index in [0.29, 0.717) is 5.56 Å². The van der Waals surface area contributed by atoms with Crippen LogP contribution in [0.1, 0.15) is 21.5 Å². The zero-order chi connectivity index (χ0) is 20.0. The van der Waals surface area contributed by atoms with Gasteiger partial charge in [-0.25, -0.2) is 4.79 Å². The van der Waals surface area contributed by atoms with Crippen molar-refractivity contribution >= 4 is 26.1 Å². The molecule has 8 nitrogen and oxygen atoms in total. The van der Waals surface area contributed by atoms with E-state index in [2.05, 4.69) is 5.32 Å². The lowest BCUT2D eigenvalue weighted by molar-refractivity contribution is -0.121. The molecule has 0 heterocycles. The Bertz CT molecular complexity index is 791. The molecule has 0 saturated carbocycles. The van der Waals surface area contributed by atoms with Gasteiger partial charge in [-0.2, -0.15) is 0 Å². The maximum absolute atomic E-state index is 12.4. The van der Waals surface area contributed by atoms with Crippen LogP contribution in [0.3, 0.4) is 0 Å². The van der Waals surface area contributed by atoms with E-state index in [1.54, 1.807) is 30.3 Å². The molecule has 0 aliphatic carbocycles. The van der Waals surface area contributed by atoms with Crippen LogP contribution in [0.5, 0.6) is 0 Å². The fourth-order valence-electron chi connectivity index (χ4n) is 2.73. The number of carboxylic acids is 1. The van der Waals surface area contributed by atoms with E-state index < -0.39 is 37.9 Å². The molecule has 0 atom stereocenters. The lowest BCUT2D eigenvalue weighted by Crippen LogP contribution is -2.70. The molecule has 6 N–H and O–H groups in total. The fourth-order valence-corrected chi connectivity index (χ4v) is 2.73. The molecule has 0 saturated heterocycles. The first-order valence-corrected chi connectivity index (χ1v) is 8.14. The van der Waals surface area contributed by atoms with Crippen molar-refractivity contribution in [3.63, 3.8) is 0 Å². The summed E-state index contributed by atoms with van der Waals surface area (Å²) in [5.74, 6) is -1.85. The van der Waals surface area contributed by atoms with Crippen LogP contribution in [0.25, 0.3) is 0 Å². The summed E-state index contributed by atoms with van der Waals surface area (Å²) in [6.07, 6.45) is -0.527. The Kier molecular flexibility index (Phi) is 6.75. The highest BCUT2D eigenvalue weighted by molar-refractivity contribution is 6.68. The predicted octanol–water partition coefficient (Wildman–Crippen LogP) is -0.951. The SMILES string of the molecule is O=C(Cc1ccccc1)NC(Cc1cccc(C(=O)O)c1)(B(O)O)B(O)O. The maximum atomic E-state index is 12.4. The zero-order valence-corrected chi connectivity index (χ0v) is 14.3. The number of amides is 1. The number of aromatic carboxylic acids is 1. The van der Waals surface area contributed by atoms with Gasteiger partial charge in [0.2, 0.25) is 5.91 Å². The van der Waals surface area contributed by atoms with Crippen LogP contribution >= 0.6 is 0 Å². The molecule has 0 spiro atoms. The van der Waals surface area contributed by atoms with Gasteiger partial charge in [-0.1, -0.05) is 42.5 Å². The Hall–Kier alpha value is -2.65. The number of nitrogens with one attached hydrogen (secondary N) is 1. The molecule has 10 heteroatoms. The molecule has 0 aliphatic heterocycles. The van der Waals surface area contributed by atoms with Crippen LogP contribution < -0.4 is 5.32 Å². The number of benzene rings is 2. The predicted molar refractivity (Wildman–Crippen MR) is 98.5 cm³/mol. The molecule has 2 aromatic carbocycles. The van der Waals surface area contributed by atoms with Crippen LogP contribution in [-0.2, 0) is 17.6 Å². The second kappa shape index (κ2) is 8.83. The number of carbonyl (C=O) groups excluding carboxylic acids is 1. The molecule has 0 fully saturated rings. The van der Waals surface area contributed by atoms with Gasteiger partial charge >= 0.3 is 20.2 Å². The third-order valence-electron chi connectivity index (χ3n) is 4.17. The Morgan fingerprint density at radius 1 is 0.889 bits per heavy atom. The second-order valence-electron chi connectivity index (χ2n) is 6.18. The van der Waals surface area contributed by atoms with Crippen molar-refractivity contribution in [1.82, 2.24) is 5.32 Å². The topological polar surface area (TPSA) is 147 Å². The molecule has 0 aromatic heterocycles. The molecule has 140 valence electrons. The highest BCUT2D eigenvalue weighted by Gasteiger charge is 2.53. The molecule has 0 radical (unpaired) electrons. The van der Waals surface area contributed by atoms with Crippen molar-refractivity contribution in [2.75, 3.05) is 0 Å². The second-order valence-corrected chi connectivity index (χ2v) is 6.18. The van der Waals surface area contributed by atoms with Gasteiger partial charge in [0.15, 0.2) is 0 Å². The molecule has 0 aliphatic rings. The Morgan fingerprint density at radius 3 is 2.04 bits per heavy atom. The summed E-state index contributed by atoms with van der Waals surface area (Å²) < 4.78 is 0. The fraction of sp³-hybridized carbons (Fsp3) is 0.176. The van der Waals surface area contributed by atoms with Gasteiger partial charge in [0, 0.05) is 0 Å². The van der Waals surface area contributed by atoms with Crippen molar-refractivity contribution in [3.8, 4) is 0 Å². The van der Waals surface area contributed by atoms with E-state index in [1.165, 1.54) is 24.3 Å². The molecular formula is C17H19B2NO7. The summed E-state index contributed by atoms with van der Waals surface area (Å²) >= 11 is 0. The van der Waals surface area contributed by atoms with Crippen molar-refractivity contribution in [1.29, 1.82) is 0 Å². The summed E-state index contributed by atoms with van der Waals surface area (Å²) in [7, 11) is -4.63. The minimum Gasteiger partial charge on any atom is -0.478 e. The lowest BCUT2D eigenvalue weighted by atomic mass is 9.43. The van der Waals surface area contributed by atoms with Gasteiger partial charge in [-0.05, 0) is 29.7 Å². The first-order chi connectivity index (χ1) is 12.7.